The van der Waals surface area contributed by atoms with Gasteiger partial charge in [0.2, 0.25) is 5.60 Å². The van der Waals surface area contributed by atoms with E-state index in [0.29, 0.717) is 0 Å². The van der Waals surface area contributed by atoms with E-state index in [1.54, 1.807) is 45.0 Å². The monoisotopic (exact) mass is 434 g/mol. The summed E-state index contributed by atoms with van der Waals surface area (Å²) in [6.45, 7) is 4.98. The van der Waals surface area contributed by atoms with Gasteiger partial charge < -0.3 is 14.6 Å². The fourth-order valence-corrected chi connectivity index (χ4v) is 3.39. The van der Waals surface area contributed by atoms with Gasteiger partial charge in [0, 0.05) is 0 Å². The van der Waals surface area contributed by atoms with E-state index in [-0.39, 0.29) is 15.6 Å². The van der Waals surface area contributed by atoms with Gasteiger partial charge in [-0.15, -0.1) is 0 Å². The van der Waals surface area contributed by atoms with Crippen molar-refractivity contribution in [2.75, 3.05) is 0 Å². The van der Waals surface area contributed by atoms with Crippen LogP contribution in [0.15, 0.2) is 64.7 Å². The molecule has 1 aliphatic rings. The maximum Gasteiger partial charge on any atom is 0.351 e. The molecule has 1 aliphatic heterocycles. The molecule has 0 aromatic heterocycles. The Morgan fingerprint density at radius 3 is 2.03 bits per heavy atom. The molecule has 3 rings (SSSR count). The van der Waals surface area contributed by atoms with E-state index >= 15 is 0 Å². The third-order valence-corrected chi connectivity index (χ3v) is 5.21. The minimum Gasteiger partial charge on any atom is -0.457 e. The molecule has 0 unspecified atom stereocenters. The maximum absolute atomic E-state index is 13.0. The number of benzene rings is 2. The first-order valence-corrected chi connectivity index (χ1v) is 9.67. The molecule has 7 heteroatoms. The molecule has 2 aromatic rings. The average molecular weight is 435 g/mol. The van der Waals surface area contributed by atoms with Gasteiger partial charge in [-0.2, -0.15) is 0 Å². The van der Waals surface area contributed by atoms with Crippen molar-refractivity contribution >= 4 is 35.1 Å². The first kappa shape index (κ1) is 21.4. The van der Waals surface area contributed by atoms with Crippen LogP contribution in [0.1, 0.15) is 26.3 Å². The number of carbonyl (C=O) groups is 2. The van der Waals surface area contributed by atoms with Crippen LogP contribution in [0, 0.1) is 0 Å². The zero-order valence-corrected chi connectivity index (χ0v) is 17.6. The van der Waals surface area contributed by atoms with Gasteiger partial charge >= 0.3 is 11.9 Å². The van der Waals surface area contributed by atoms with E-state index in [9.17, 15) is 14.7 Å². The second kappa shape index (κ2) is 7.82. The van der Waals surface area contributed by atoms with Crippen LogP contribution in [0.5, 0.6) is 0 Å². The molecule has 0 fully saturated rings. The van der Waals surface area contributed by atoms with Crippen molar-refractivity contribution < 1.29 is 24.2 Å². The van der Waals surface area contributed by atoms with E-state index in [1.807, 2.05) is 30.3 Å². The molecule has 0 saturated heterocycles. The van der Waals surface area contributed by atoms with Crippen LogP contribution in [-0.2, 0) is 24.7 Å². The Bertz CT molecular complexity index is 961. The quantitative estimate of drug-likeness (QED) is 0.717. The molecule has 0 bridgehead atoms. The van der Waals surface area contributed by atoms with Crippen LogP contribution in [0.2, 0.25) is 0 Å². The molecule has 1 N–H and O–H groups in total. The van der Waals surface area contributed by atoms with Gasteiger partial charge in [-0.3, -0.25) is 0 Å². The number of carbonyl (C=O) groups excluding carboxylic acids is 2. The van der Waals surface area contributed by atoms with Crippen molar-refractivity contribution in [1.82, 2.24) is 0 Å². The zero-order chi connectivity index (χ0) is 21.4. The summed E-state index contributed by atoms with van der Waals surface area (Å²) in [6.07, 6.45) is -1.51. The van der Waals surface area contributed by atoms with Crippen LogP contribution in [-0.4, -0.2) is 28.8 Å². The predicted octanol–water partition coefficient (Wildman–Crippen LogP) is 4.50. The fraction of sp³-hybridized carbons (Fsp3) is 0.273. The summed E-state index contributed by atoms with van der Waals surface area (Å²) in [5.41, 5.74) is -1.25. The minimum atomic E-state index is -2.37. The molecule has 0 spiro atoms. The van der Waals surface area contributed by atoms with E-state index in [4.69, 9.17) is 32.7 Å². The first-order valence-electron chi connectivity index (χ1n) is 8.92. The molecule has 0 saturated carbocycles. The summed E-state index contributed by atoms with van der Waals surface area (Å²) < 4.78 is 10.5. The van der Waals surface area contributed by atoms with Gasteiger partial charge in [0.15, 0.2) is 6.10 Å². The molecule has 2 aromatic carbocycles. The molecule has 5 nitrogen and oxygen atoms in total. The largest absolute Gasteiger partial charge is 0.457 e. The normalized spacial score (nSPS) is 19.0. The van der Waals surface area contributed by atoms with Gasteiger partial charge in [0.1, 0.15) is 10.6 Å². The molecule has 0 radical (unpaired) electrons. The van der Waals surface area contributed by atoms with Gasteiger partial charge in [0.25, 0.3) is 0 Å². The highest BCUT2D eigenvalue weighted by Gasteiger charge is 2.55. The summed E-state index contributed by atoms with van der Waals surface area (Å²) in [7, 11) is 0. The molecular formula is C22H20Cl2O5. The molecule has 152 valence electrons. The predicted molar refractivity (Wildman–Crippen MR) is 110 cm³/mol. The van der Waals surface area contributed by atoms with Gasteiger partial charge in [-0.05, 0) is 37.5 Å². The number of hydrogen-bond acceptors (Lipinski definition) is 5. The van der Waals surface area contributed by atoms with E-state index in [2.05, 4.69) is 0 Å². The molecule has 2 atom stereocenters. The smallest absolute Gasteiger partial charge is 0.351 e. The lowest BCUT2D eigenvalue weighted by Gasteiger charge is -2.34. The van der Waals surface area contributed by atoms with E-state index in [0.717, 1.165) is 11.1 Å². The number of hydrogen-bond donors (Lipinski definition) is 1. The topological polar surface area (TPSA) is 72.8 Å². The highest BCUT2D eigenvalue weighted by molar-refractivity contribution is 6.48. The number of cyclic esters (lactones) is 1. The number of esters is 2. The second-order valence-corrected chi connectivity index (χ2v) is 8.44. The Morgan fingerprint density at radius 2 is 1.55 bits per heavy atom. The van der Waals surface area contributed by atoms with Gasteiger partial charge in [0.05, 0.1) is 5.03 Å². The second-order valence-electron chi connectivity index (χ2n) is 7.66. The van der Waals surface area contributed by atoms with Crippen LogP contribution in [0.4, 0.5) is 0 Å². The summed E-state index contributed by atoms with van der Waals surface area (Å²) in [5, 5.41) is 10.8. The van der Waals surface area contributed by atoms with Crippen molar-refractivity contribution in [1.29, 1.82) is 0 Å². The minimum absolute atomic E-state index is 0.161. The zero-order valence-electron chi connectivity index (χ0n) is 16.1. The third kappa shape index (κ3) is 4.17. The average Bonchev–Trinajstić information content (AvgIpc) is 2.94. The highest BCUT2D eigenvalue weighted by Crippen LogP contribution is 2.41. The Labute approximate surface area is 178 Å². The summed E-state index contributed by atoms with van der Waals surface area (Å²) in [5.74, 6) is -1.91. The van der Waals surface area contributed by atoms with Crippen molar-refractivity contribution in [2.24, 2.45) is 0 Å². The highest BCUT2D eigenvalue weighted by atomic mass is 35.5. The Balaban J connectivity index is 2.06. The molecule has 0 aliphatic carbocycles. The van der Waals surface area contributed by atoms with Crippen LogP contribution in [0.3, 0.4) is 0 Å². The number of aliphatic hydroxyl groups is 1. The lowest BCUT2D eigenvalue weighted by molar-refractivity contribution is -0.191. The number of ether oxygens (including phenoxy) is 2. The third-order valence-electron chi connectivity index (χ3n) is 4.37. The van der Waals surface area contributed by atoms with Gasteiger partial charge in [-0.25, -0.2) is 9.59 Å². The van der Waals surface area contributed by atoms with Crippen LogP contribution >= 0.6 is 23.2 Å². The maximum atomic E-state index is 13.0. The van der Waals surface area contributed by atoms with Crippen molar-refractivity contribution in [3.63, 3.8) is 0 Å². The Hall–Kier alpha value is -2.34. The number of rotatable bonds is 4. The SMILES string of the molecule is CC(C)(C)OC(=O)[C@](O)(c1ccc(-c2ccccc2)cc1)[C@@H]1OC(=O)C(Cl)=C1Cl. The van der Waals surface area contributed by atoms with Crippen molar-refractivity contribution in [2.45, 2.75) is 38.1 Å². The summed E-state index contributed by atoms with van der Waals surface area (Å²) >= 11 is 12.0. The Kier molecular flexibility index (Phi) is 5.77. The summed E-state index contributed by atoms with van der Waals surface area (Å²) in [4.78, 5) is 24.9. The standard InChI is InChI=1S/C22H20Cl2O5/c1-21(2,3)29-20(26)22(27,18-16(23)17(24)19(25)28-18)15-11-9-14(10-12-15)13-7-5-4-6-8-13/h4-12,18,27H,1-3H3/t18-,22+/m1/s1. The molecule has 0 amide bonds. The van der Waals surface area contributed by atoms with Gasteiger partial charge in [-0.1, -0.05) is 77.8 Å². The van der Waals surface area contributed by atoms with E-state index < -0.39 is 29.2 Å². The van der Waals surface area contributed by atoms with Crippen LogP contribution < -0.4 is 0 Å². The fourth-order valence-electron chi connectivity index (χ4n) is 2.97. The van der Waals surface area contributed by atoms with Crippen LogP contribution in [0.25, 0.3) is 11.1 Å². The molecule has 1 heterocycles. The Morgan fingerprint density at radius 1 is 1.00 bits per heavy atom. The van der Waals surface area contributed by atoms with E-state index in [1.165, 1.54) is 0 Å². The lowest BCUT2D eigenvalue weighted by atomic mass is 9.86. The first-order chi connectivity index (χ1) is 13.5. The lowest BCUT2D eigenvalue weighted by Crippen LogP contribution is -2.50. The number of halogens is 2. The molecule has 29 heavy (non-hydrogen) atoms. The molecular weight excluding hydrogens is 415 g/mol. The van der Waals surface area contributed by atoms with Crippen molar-refractivity contribution in [3.05, 3.63) is 70.2 Å². The van der Waals surface area contributed by atoms with Crippen molar-refractivity contribution in [3.8, 4) is 11.1 Å². The summed E-state index contributed by atoms with van der Waals surface area (Å²) in [6, 6.07) is 16.2.